The predicted octanol–water partition coefficient (Wildman–Crippen LogP) is 3.93. The molecule has 0 saturated carbocycles. The summed E-state index contributed by atoms with van der Waals surface area (Å²) in [6.45, 7) is 4.95. The molecule has 0 fully saturated rings. The van der Waals surface area contributed by atoms with E-state index in [1.54, 1.807) is 0 Å². The van der Waals surface area contributed by atoms with Crippen molar-refractivity contribution in [1.29, 1.82) is 0 Å². The third-order valence-corrected chi connectivity index (χ3v) is 3.40. The van der Waals surface area contributed by atoms with Gasteiger partial charge in [0.15, 0.2) is 6.10 Å². The first-order chi connectivity index (χ1) is 10.8. The van der Waals surface area contributed by atoms with Crippen LogP contribution < -0.4 is 0 Å². The number of hydrogen-bond acceptors (Lipinski definition) is 3. The molecular formula is C17H21N3O2. The molecule has 0 aliphatic carbocycles. The molecule has 22 heavy (non-hydrogen) atoms. The lowest BCUT2D eigenvalue weighted by Gasteiger charge is -2.17. The molecule has 0 saturated heterocycles. The van der Waals surface area contributed by atoms with Gasteiger partial charge in [-0.25, -0.2) is 0 Å². The molecule has 0 aliphatic rings. The van der Waals surface area contributed by atoms with Crippen molar-refractivity contribution >= 4 is 0 Å². The molecule has 0 bridgehead atoms. The molecular weight excluding hydrogens is 278 g/mol. The van der Waals surface area contributed by atoms with E-state index in [4.69, 9.17) is 4.84 Å². The van der Waals surface area contributed by atoms with Gasteiger partial charge in [0.1, 0.15) is 0 Å². The fraction of sp³-hybridized carbons (Fsp3) is 0.294. The summed E-state index contributed by atoms with van der Waals surface area (Å²) in [7, 11) is 0. The minimum atomic E-state index is -0.408. The van der Waals surface area contributed by atoms with Gasteiger partial charge in [0.05, 0.1) is 18.1 Å². The van der Waals surface area contributed by atoms with E-state index in [-0.39, 0.29) is 0 Å². The van der Waals surface area contributed by atoms with Crippen molar-refractivity contribution in [2.45, 2.75) is 20.0 Å². The van der Waals surface area contributed by atoms with Crippen molar-refractivity contribution < 1.29 is 9.81 Å². The molecule has 0 atom stereocenters. The molecule has 0 unspecified atom stereocenters. The summed E-state index contributed by atoms with van der Waals surface area (Å²) < 4.78 is 0. The molecule has 116 valence electrons. The minimum absolute atomic E-state index is 0.408. The highest BCUT2D eigenvalue weighted by molar-refractivity contribution is 5.29. The van der Waals surface area contributed by atoms with Crippen LogP contribution in [0, 0.1) is 5.21 Å². The fourth-order valence-electron chi connectivity index (χ4n) is 2.17. The molecule has 2 aromatic carbocycles. The summed E-state index contributed by atoms with van der Waals surface area (Å²) in [5.74, 6) is 0. The molecule has 0 amide bonds. The molecule has 0 spiro atoms. The zero-order valence-corrected chi connectivity index (χ0v) is 12.9. The van der Waals surface area contributed by atoms with Gasteiger partial charge in [-0.15, -0.1) is 5.01 Å². The third-order valence-electron chi connectivity index (χ3n) is 3.40. The van der Waals surface area contributed by atoms with Crippen molar-refractivity contribution in [2.24, 2.45) is 5.28 Å². The number of hydrazine groups is 1. The summed E-state index contributed by atoms with van der Waals surface area (Å²) in [5.41, 5.74) is 1.90. The number of hydrogen-bond donors (Lipinski definition) is 0. The van der Waals surface area contributed by atoms with Crippen LogP contribution in [0.25, 0.3) is 0 Å². The molecule has 0 aliphatic heterocycles. The van der Waals surface area contributed by atoms with Gasteiger partial charge in [-0.2, -0.15) is 0 Å². The topological polar surface area (TPSA) is 50.9 Å². The Bertz CT molecular complexity index is 544. The molecule has 0 heterocycles. The second kappa shape index (κ2) is 8.02. The maximum atomic E-state index is 11.9. The van der Waals surface area contributed by atoms with Gasteiger partial charge in [-0.3, -0.25) is 0 Å². The Kier molecular flexibility index (Phi) is 5.77. The second-order valence-electron chi connectivity index (χ2n) is 4.78. The zero-order valence-electron chi connectivity index (χ0n) is 12.9. The molecule has 0 N–H and O–H groups in total. The average molecular weight is 299 g/mol. The van der Waals surface area contributed by atoms with Crippen molar-refractivity contribution in [3.63, 3.8) is 0 Å². The Morgan fingerprint density at radius 1 is 0.955 bits per heavy atom. The first-order valence-electron chi connectivity index (χ1n) is 7.45. The highest BCUT2D eigenvalue weighted by Crippen LogP contribution is 2.26. The summed E-state index contributed by atoms with van der Waals surface area (Å²) in [4.78, 5) is 6.07. The van der Waals surface area contributed by atoms with Crippen LogP contribution in [0.3, 0.4) is 0 Å². The monoisotopic (exact) mass is 299 g/mol. The van der Waals surface area contributed by atoms with Gasteiger partial charge in [-0.05, 0) is 25.0 Å². The summed E-state index contributed by atoms with van der Waals surface area (Å²) in [6.07, 6.45) is -0.408. The Morgan fingerprint density at radius 3 is 1.82 bits per heavy atom. The lowest BCUT2D eigenvalue weighted by molar-refractivity contribution is -0.711. The van der Waals surface area contributed by atoms with Crippen molar-refractivity contribution in [1.82, 2.24) is 5.01 Å². The molecule has 2 rings (SSSR count). The molecule has 2 aromatic rings. The quantitative estimate of drug-likeness (QED) is 0.442. The fourth-order valence-corrected chi connectivity index (χ4v) is 2.17. The predicted molar refractivity (Wildman–Crippen MR) is 84.8 cm³/mol. The zero-order chi connectivity index (χ0) is 15.8. The first-order valence-corrected chi connectivity index (χ1v) is 7.45. The first kappa shape index (κ1) is 15.8. The highest BCUT2D eigenvalue weighted by Gasteiger charge is 2.17. The lowest BCUT2D eigenvalue weighted by atomic mass is 10.0. The van der Waals surface area contributed by atoms with Crippen molar-refractivity contribution in [2.75, 3.05) is 13.1 Å². The molecule has 5 nitrogen and oxygen atoms in total. The largest absolute Gasteiger partial charge is 0.569 e. The molecule has 5 heteroatoms. The smallest absolute Gasteiger partial charge is 0.234 e. The van der Waals surface area contributed by atoms with Crippen molar-refractivity contribution in [3.05, 3.63) is 77.0 Å². The van der Waals surface area contributed by atoms with Crippen LogP contribution >= 0.6 is 0 Å². The molecule has 0 radical (unpaired) electrons. The summed E-state index contributed by atoms with van der Waals surface area (Å²) in [5, 5.41) is 17.2. The Labute approximate surface area is 131 Å². The van der Waals surface area contributed by atoms with E-state index in [0.29, 0.717) is 18.1 Å². The minimum Gasteiger partial charge on any atom is -0.569 e. The van der Waals surface area contributed by atoms with Crippen LogP contribution in [-0.4, -0.2) is 23.1 Å². The number of benzene rings is 2. The van der Waals surface area contributed by atoms with E-state index in [1.165, 1.54) is 5.01 Å². The van der Waals surface area contributed by atoms with E-state index in [9.17, 15) is 5.21 Å². The van der Waals surface area contributed by atoms with Crippen LogP contribution in [0.1, 0.15) is 31.1 Å². The average Bonchev–Trinajstić information content (AvgIpc) is 2.58. The van der Waals surface area contributed by atoms with Crippen LogP contribution in [-0.2, 0) is 4.84 Å². The normalized spacial score (nSPS) is 11.5. The van der Waals surface area contributed by atoms with Gasteiger partial charge in [-0.1, -0.05) is 60.7 Å². The maximum Gasteiger partial charge on any atom is 0.234 e. The van der Waals surface area contributed by atoms with Crippen LogP contribution in [0.15, 0.2) is 65.9 Å². The Balaban J connectivity index is 2.25. The third kappa shape index (κ3) is 3.97. The van der Waals surface area contributed by atoms with Gasteiger partial charge >= 0.3 is 0 Å². The summed E-state index contributed by atoms with van der Waals surface area (Å²) in [6, 6.07) is 19.5. The van der Waals surface area contributed by atoms with E-state index in [2.05, 4.69) is 5.28 Å². The van der Waals surface area contributed by atoms with Crippen molar-refractivity contribution in [3.8, 4) is 0 Å². The van der Waals surface area contributed by atoms with Gasteiger partial charge in [0.25, 0.3) is 0 Å². The second-order valence-corrected chi connectivity index (χ2v) is 4.78. The van der Waals surface area contributed by atoms with E-state index in [0.717, 1.165) is 11.1 Å². The molecule has 0 aromatic heterocycles. The van der Waals surface area contributed by atoms with E-state index in [1.807, 2.05) is 74.5 Å². The maximum absolute atomic E-state index is 11.9. The SMILES string of the molecule is CCN(CC)/[N+]([O-])=N/OC(c1ccccc1)c1ccccc1. The van der Waals surface area contributed by atoms with Gasteiger partial charge in [0.2, 0.25) is 5.28 Å². The Morgan fingerprint density at radius 2 is 1.41 bits per heavy atom. The standard InChI is InChI=1S/C17H21N3O2/c1-3-19(4-2)20(21)18-22-17(15-11-7-5-8-12-15)16-13-9-6-10-14-16/h5-14,17H,3-4H2,1-2H3/b20-18-. The summed E-state index contributed by atoms with van der Waals surface area (Å²) >= 11 is 0. The highest BCUT2D eigenvalue weighted by atomic mass is 16.7. The van der Waals surface area contributed by atoms with Gasteiger partial charge < -0.3 is 10.0 Å². The number of nitrogens with zero attached hydrogens (tertiary/aromatic N) is 3. The van der Waals surface area contributed by atoms with Gasteiger partial charge in [0, 0.05) is 0 Å². The van der Waals surface area contributed by atoms with E-state index >= 15 is 0 Å². The Hall–Kier alpha value is -2.56. The van der Waals surface area contributed by atoms with Crippen LogP contribution in [0.5, 0.6) is 0 Å². The number of rotatable bonds is 7. The van der Waals surface area contributed by atoms with E-state index < -0.39 is 6.10 Å². The van der Waals surface area contributed by atoms with Crippen LogP contribution in [0.2, 0.25) is 0 Å². The van der Waals surface area contributed by atoms with Crippen LogP contribution in [0.4, 0.5) is 0 Å². The lowest BCUT2D eigenvalue weighted by Crippen LogP contribution is -2.30.